The van der Waals surface area contributed by atoms with E-state index in [0.29, 0.717) is 11.7 Å². The van der Waals surface area contributed by atoms with Crippen molar-refractivity contribution in [3.8, 4) is 0 Å². The molecule has 0 bridgehead atoms. The van der Waals surface area contributed by atoms with Crippen LogP contribution in [0.1, 0.15) is 70.6 Å². The van der Waals surface area contributed by atoms with Gasteiger partial charge in [0.05, 0.1) is 0 Å². The number of unbranched alkanes of at least 4 members (excludes halogenated alkanes) is 1. The third kappa shape index (κ3) is 4.48. The first-order valence-corrected chi connectivity index (χ1v) is 7.92. The summed E-state index contributed by atoms with van der Waals surface area (Å²) < 4.78 is 5.37. The molecule has 0 spiro atoms. The summed E-state index contributed by atoms with van der Waals surface area (Å²) in [6.07, 6.45) is 4.26. The van der Waals surface area contributed by atoms with E-state index in [0.717, 1.165) is 37.0 Å². The molecule has 0 saturated carbocycles. The van der Waals surface area contributed by atoms with Crippen molar-refractivity contribution in [2.45, 2.75) is 72.3 Å². The van der Waals surface area contributed by atoms with Crippen molar-refractivity contribution in [2.75, 3.05) is 12.4 Å². The van der Waals surface area contributed by atoms with Crippen LogP contribution in [0.5, 0.6) is 0 Å². The largest absolute Gasteiger partial charge is 0.359 e. The molecule has 2 unspecified atom stereocenters. The second kappa shape index (κ2) is 8.05. The molecule has 1 aromatic heterocycles. The minimum Gasteiger partial charge on any atom is -0.359 e. The lowest BCUT2D eigenvalue weighted by atomic mass is 10.0. The summed E-state index contributed by atoms with van der Waals surface area (Å²) in [4.78, 5) is 14.0. The van der Waals surface area contributed by atoms with Crippen molar-refractivity contribution in [1.82, 2.24) is 10.1 Å². The van der Waals surface area contributed by atoms with Crippen LogP contribution in [0.2, 0.25) is 0 Å². The molecule has 2 amide bonds. The molecule has 0 aliphatic heterocycles. The molecule has 1 heterocycles. The lowest BCUT2D eigenvalue weighted by Gasteiger charge is -2.24. The fourth-order valence-electron chi connectivity index (χ4n) is 2.19. The Bertz CT molecular complexity index is 456. The summed E-state index contributed by atoms with van der Waals surface area (Å²) in [6, 6.07) is 0.0805. The number of carbonyl (C=O) groups excluding carboxylic acids is 1. The summed E-state index contributed by atoms with van der Waals surface area (Å²) in [5, 5.41) is 6.84. The fraction of sp³-hybridized carbons (Fsp3) is 0.750. The van der Waals surface area contributed by atoms with E-state index in [-0.39, 0.29) is 12.1 Å². The molecule has 1 rings (SSSR count). The van der Waals surface area contributed by atoms with E-state index in [9.17, 15) is 4.79 Å². The van der Waals surface area contributed by atoms with Crippen LogP contribution in [0.25, 0.3) is 0 Å². The predicted molar refractivity (Wildman–Crippen MR) is 85.7 cm³/mol. The Morgan fingerprint density at radius 3 is 2.62 bits per heavy atom. The van der Waals surface area contributed by atoms with E-state index >= 15 is 0 Å². The standard InChI is InChI=1S/C16H29N3O2/c1-7-9-10-12(4)19(6)16(20)17-15-13(5)14(21-18-15)11(3)8-2/h11-12H,7-10H2,1-6H3,(H,17,18,20). The molecule has 1 N–H and O–H groups in total. The lowest BCUT2D eigenvalue weighted by Crippen LogP contribution is -2.38. The third-order valence-corrected chi connectivity index (χ3v) is 4.20. The number of hydrogen-bond donors (Lipinski definition) is 1. The molecule has 0 aliphatic carbocycles. The molecule has 21 heavy (non-hydrogen) atoms. The molecule has 5 nitrogen and oxygen atoms in total. The number of amides is 2. The first-order chi connectivity index (χ1) is 9.92. The highest BCUT2D eigenvalue weighted by molar-refractivity contribution is 5.89. The van der Waals surface area contributed by atoms with Crippen molar-refractivity contribution in [3.63, 3.8) is 0 Å². The quantitative estimate of drug-likeness (QED) is 0.803. The monoisotopic (exact) mass is 295 g/mol. The second-order valence-corrected chi connectivity index (χ2v) is 5.86. The highest BCUT2D eigenvalue weighted by Crippen LogP contribution is 2.27. The van der Waals surface area contributed by atoms with Crippen molar-refractivity contribution < 1.29 is 9.32 Å². The van der Waals surface area contributed by atoms with E-state index < -0.39 is 0 Å². The number of urea groups is 1. The van der Waals surface area contributed by atoms with Gasteiger partial charge < -0.3 is 9.42 Å². The highest BCUT2D eigenvalue weighted by atomic mass is 16.5. The van der Waals surface area contributed by atoms with Crippen LogP contribution < -0.4 is 5.32 Å². The third-order valence-electron chi connectivity index (χ3n) is 4.20. The summed E-state index contributed by atoms with van der Waals surface area (Å²) in [6.45, 7) is 10.4. The predicted octanol–water partition coefficient (Wildman–Crippen LogP) is 4.54. The van der Waals surface area contributed by atoms with Gasteiger partial charge in [0.25, 0.3) is 0 Å². The number of carbonyl (C=O) groups is 1. The summed E-state index contributed by atoms with van der Waals surface area (Å²) >= 11 is 0. The number of nitrogens with zero attached hydrogens (tertiary/aromatic N) is 2. The maximum absolute atomic E-state index is 12.3. The molecule has 0 aromatic carbocycles. The van der Waals surface area contributed by atoms with Crippen molar-refractivity contribution >= 4 is 11.8 Å². The Hall–Kier alpha value is -1.52. The molecular formula is C16H29N3O2. The molecule has 5 heteroatoms. The van der Waals surface area contributed by atoms with Gasteiger partial charge in [-0.1, -0.05) is 38.8 Å². The van der Waals surface area contributed by atoms with Crippen LogP contribution >= 0.6 is 0 Å². The van der Waals surface area contributed by atoms with Gasteiger partial charge in [0.2, 0.25) is 0 Å². The van der Waals surface area contributed by atoms with Gasteiger partial charge in [-0.05, 0) is 26.7 Å². The van der Waals surface area contributed by atoms with Crippen LogP contribution in [0.3, 0.4) is 0 Å². The van der Waals surface area contributed by atoms with E-state index in [1.165, 1.54) is 0 Å². The van der Waals surface area contributed by atoms with Gasteiger partial charge in [0.15, 0.2) is 5.82 Å². The van der Waals surface area contributed by atoms with E-state index in [4.69, 9.17) is 4.52 Å². The van der Waals surface area contributed by atoms with Crippen molar-refractivity contribution in [1.29, 1.82) is 0 Å². The Labute approximate surface area is 128 Å². The van der Waals surface area contributed by atoms with Gasteiger partial charge in [-0.2, -0.15) is 0 Å². The fourth-order valence-corrected chi connectivity index (χ4v) is 2.19. The Morgan fingerprint density at radius 2 is 2.05 bits per heavy atom. The van der Waals surface area contributed by atoms with Gasteiger partial charge in [0.1, 0.15) is 5.76 Å². The van der Waals surface area contributed by atoms with Crippen LogP contribution in [0.15, 0.2) is 4.52 Å². The van der Waals surface area contributed by atoms with Gasteiger partial charge >= 0.3 is 6.03 Å². The molecule has 0 saturated heterocycles. The van der Waals surface area contributed by atoms with Crippen LogP contribution in [0, 0.1) is 6.92 Å². The van der Waals surface area contributed by atoms with E-state index in [1.807, 2.05) is 14.0 Å². The van der Waals surface area contributed by atoms with E-state index in [2.05, 4.69) is 38.2 Å². The topological polar surface area (TPSA) is 58.4 Å². The van der Waals surface area contributed by atoms with E-state index in [1.54, 1.807) is 4.90 Å². The number of rotatable bonds is 7. The summed E-state index contributed by atoms with van der Waals surface area (Å²) in [7, 11) is 1.82. The highest BCUT2D eigenvalue weighted by Gasteiger charge is 2.21. The lowest BCUT2D eigenvalue weighted by molar-refractivity contribution is 0.204. The maximum Gasteiger partial charge on any atom is 0.323 e. The molecule has 120 valence electrons. The zero-order valence-electron chi connectivity index (χ0n) is 14.2. The van der Waals surface area contributed by atoms with Gasteiger partial charge in [-0.15, -0.1) is 0 Å². The average Bonchev–Trinajstić information content (AvgIpc) is 2.84. The SMILES string of the molecule is CCCCC(C)N(C)C(=O)Nc1noc(C(C)CC)c1C. The van der Waals surface area contributed by atoms with Gasteiger partial charge in [-0.3, -0.25) is 5.32 Å². The minimum absolute atomic E-state index is 0.134. The normalized spacial score (nSPS) is 13.8. The maximum atomic E-state index is 12.3. The zero-order chi connectivity index (χ0) is 16.0. The Kier molecular flexibility index (Phi) is 6.72. The number of aromatic nitrogens is 1. The summed E-state index contributed by atoms with van der Waals surface area (Å²) in [5.74, 6) is 1.70. The van der Waals surface area contributed by atoms with Crippen molar-refractivity contribution in [3.05, 3.63) is 11.3 Å². The molecule has 0 aliphatic rings. The Balaban J connectivity index is 2.68. The van der Waals surface area contributed by atoms with Crippen LogP contribution in [0.4, 0.5) is 10.6 Å². The second-order valence-electron chi connectivity index (χ2n) is 5.86. The van der Waals surface area contributed by atoms with Crippen LogP contribution in [-0.2, 0) is 0 Å². The zero-order valence-corrected chi connectivity index (χ0v) is 14.2. The molecular weight excluding hydrogens is 266 g/mol. The minimum atomic E-state index is -0.134. The summed E-state index contributed by atoms with van der Waals surface area (Å²) in [5.41, 5.74) is 0.923. The number of hydrogen-bond acceptors (Lipinski definition) is 3. The Morgan fingerprint density at radius 1 is 1.38 bits per heavy atom. The van der Waals surface area contributed by atoms with Gasteiger partial charge in [-0.25, -0.2) is 4.79 Å². The van der Waals surface area contributed by atoms with Crippen molar-refractivity contribution in [2.24, 2.45) is 0 Å². The smallest absolute Gasteiger partial charge is 0.323 e. The first kappa shape index (κ1) is 17.5. The van der Waals surface area contributed by atoms with Crippen LogP contribution in [-0.4, -0.2) is 29.2 Å². The molecule has 1 aromatic rings. The number of nitrogens with one attached hydrogen (secondary N) is 1. The molecule has 0 fully saturated rings. The van der Waals surface area contributed by atoms with Gasteiger partial charge in [0, 0.05) is 24.6 Å². The number of anilines is 1. The molecule has 0 radical (unpaired) electrons. The first-order valence-electron chi connectivity index (χ1n) is 7.92. The average molecular weight is 295 g/mol. The molecule has 2 atom stereocenters.